The lowest BCUT2D eigenvalue weighted by Gasteiger charge is -2.42. The van der Waals surface area contributed by atoms with Crippen LogP contribution in [0.3, 0.4) is 0 Å². The first-order valence-corrected chi connectivity index (χ1v) is 6.66. The minimum absolute atomic E-state index is 0.127. The van der Waals surface area contributed by atoms with E-state index in [9.17, 15) is 4.79 Å². The van der Waals surface area contributed by atoms with Crippen molar-refractivity contribution < 1.29 is 4.79 Å². The molecule has 1 N–H and O–H groups in total. The van der Waals surface area contributed by atoms with Gasteiger partial charge in [-0.3, -0.25) is 9.69 Å². The van der Waals surface area contributed by atoms with Crippen LogP contribution in [0.4, 0.5) is 0 Å². The Bertz CT molecular complexity index is 315. The van der Waals surface area contributed by atoms with Crippen LogP contribution >= 0.6 is 0 Å². The van der Waals surface area contributed by atoms with E-state index in [0.29, 0.717) is 19.5 Å². The lowest BCUT2D eigenvalue weighted by molar-refractivity contribution is -0.143. The average Bonchev–Trinajstić information content (AvgIpc) is 2.40. The topological polar surface area (TPSA) is 59.4 Å². The maximum atomic E-state index is 12.6. The zero-order valence-corrected chi connectivity index (χ0v) is 11.7. The Morgan fingerprint density at radius 1 is 1.44 bits per heavy atom. The predicted molar refractivity (Wildman–Crippen MR) is 71.0 cm³/mol. The number of nitrogens with one attached hydrogen (secondary N) is 1. The van der Waals surface area contributed by atoms with E-state index in [1.807, 2.05) is 20.8 Å². The maximum Gasteiger partial charge on any atom is 0.242 e. The molecule has 0 bridgehead atoms. The number of amides is 1. The Morgan fingerprint density at radius 3 is 2.56 bits per heavy atom. The molecule has 18 heavy (non-hydrogen) atoms. The summed E-state index contributed by atoms with van der Waals surface area (Å²) >= 11 is 0. The SMILES string of the molecule is CCN(CCC#N)C(=O)C(C)(C)N1CCNCC1. The van der Waals surface area contributed by atoms with Crippen LogP contribution in [0.25, 0.3) is 0 Å². The lowest BCUT2D eigenvalue weighted by atomic mass is 9.99. The number of carbonyl (C=O) groups excluding carboxylic acids is 1. The van der Waals surface area contributed by atoms with Gasteiger partial charge in [0, 0.05) is 39.3 Å². The molecule has 1 rings (SSSR count). The smallest absolute Gasteiger partial charge is 0.242 e. The molecule has 0 aromatic heterocycles. The van der Waals surface area contributed by atoms with Crippen molar-refractivity contribution in [3.05, 3.63) is 0 Å². The molecule has 0 spiro atoms. The van der Waals surface area contributed by atoms with E-state index in [2.05, 4.69) is 16.3 Å². The first kappa shape index (κ1) is 14.9. The van der Waals surface area contributed by atoms with Crippen molar-refractivity contribution in [2.24, 2.45) is 0 Å². The summed E-state index contributed by atoms with van der Waals surface area (Å²) < 4.78 is 0. The van der Waals surface area contributed by atoms with Crippen LogP contribution in [-0.4, -0.2) is 60.5 Å². The summed E-state index contributed by atoms with van der Waals surface area (Å²) in [7, 11) is 0. The van der Waals surface area contributed by atoms with Crippen molar-refractivity contribution in [1.82, 2.24) is 15.1 Å². The van der Waals surface area contributed by atoms with Crippen LogP contribution in [0.1, 0.15) is 27.2 Å². The molecule has 1 aliphatic heterocycles. The lowest BCUT2D eigenvalue weighted by Crippen LogP contribution is -2.60. The number of hydrogen-bond acceptors (Lipinski definition) is 4. The van der Waals surface area contributed by atoms with Crippen LogP contribution in [0.15, 0.2) is 0 Å². The molecule has 0 saturated carbocycles. The minimum Gasteiger partial charge on any atom is -0.340 e. The third-order valence-electron chi connectivity index (χ3n) is 3.59. The molecule has 0 aromatic carbocycles. The Balaban J connectivity index is 2.68. The largest absolute Gasteiger partial charge is 0.340 e. The summed E-state index contributed by atoms with van der Waals surface area (Å²) in [6, 6.07) is 2.10. The summed E-state index contributed by atoms with van der Waals surface area (Å²) in [6.07, 6.45) is 0.400. The maximum absolute atomic E-state index is 12.6. The van der Waals surface area contributed by atoms with E-state index in [1.165, 1.54) is 0 Å². The highest BCUT2D eigenvalue weighted by molar-refractivity contribution is 5.85. The summed E-state index contributed by atoms with van der Waals surface area (Å²) in [4.78, 5) is 16.6. The van der Waals surface area contributed by atoms with E-state index in [1.54, 1.807) is 4.90 Å². The molecule has 0 aliphatic carbocycles. The van der Waals surface area contributed by atoms with Gasteiger partial charge in [0.05, 0.1) is 18.0 Å². The van der Waals surface area contributed by atoms with E-state index in [-0.39, 0.29) is 5.91 Å². The standard InChI is InChI=1S/C13H24N4O/c1-4-16(9-5-6-14)12(18)13(2,3)17-10-7-15-8-11-17/h15H,4-5,7-11H2,1-3H3. The van der Waals surface area contributed by atoms with Gasteiger partial charge in [-0.1, -0.05) is 0 Å². The Kier molecular flexibility index (Phi) is 5.57. The molecule has 1 fully saturated rings. The van der Waals surface area contributed by atoms with Crippen LogP contribution in [0, 0.1) is 11.3 Å². The number of rotatable bonds is 5. The fourth-order valence-electron chi connectivity index (χ4n) is 2.33. The molecule has 1 amide bonds. The highest BCUT2D eigenvalue weighted by Crippen LogP contribution is 2.18. The van der Waals surface area contributed by atoms with Crippen LogP contribution in [0.5, 0.6) is 0 Å². The molecule has 1 saturated heterocycles. The van der Waals surface area contributed by atoms with Crippen LogP contribution in [-0.2, 0) is 4.79 Å². The molecule has 5 heteroatoms. The fourth-order valence-corrected chi connectivity index (χ4v) is 2.33. The molecular weight excluding hydrogens is 228 g/mol. The zero-order chi connectivity index (χ0) is 13.6. The fraction of sp³-hybridized carbons (Fsp3) is 0.846. The average molecular weight is 252 g/mol. The van der Waals surface area contributed by atoms with Crippen LogP contribution in [0.2, 0.25) is 0 Å². The van der Waals surface area contributed by atoms with Gasteiger partial charge in [0.1, 0.15) is 0 Å². The molecule has 0 radical (unpaired) electrons. The first-order chi connectivity index (χ1) is 8.54. The number of hydrogen-bond donors (Lipinski definition) is 1. The Hall–Kier alpha value is -1.12. The van der Waals surface area contributed by atoms with Gasteiger partial charge in [-0.2, -0.15) is 5.26 Å². The van der Waals surface area contributed by atoms with Crippen molar-refractivity contribution in [3.8, 4) is 6.07 Å². The molecule has 5 nitrogen and oxygen atoms in total. The van der Waals surface area contributed by atoms with Gasteiger partial charge in [-0.25, -0.2) is 0 Å². The normalized spacial score (nSPS) is 17.2. The third-order valence-corrected chi connectivity index (χ3v) is 3.59. The highest BCUT2D eigenvalue weighted by atomic mass is 16.2. The second-order valence-corrected chi connectivity index (χ2v) is 5.09. The number of likely N-dealkylation sites (N-methyl/N-ethyl adjacent to an activating group) is 1. The number of piperazine rings is 1. The molecular formula is C13H24N4O. The summed E-state index contributed by atoms with van der Waals surface area (Å²) in [6.45, 7) is 10.8. The minimum atomic E-state index is -0.479. The monoisotopic (exact) mass is 252 g/mol. The molecule has 1 aliphatic rings. The number of carbonyl (C=O) groups is 1. The highest BCUT2D eigenvalue weighted by Gasteiger charge is 2.37. The van der Waals surface area contributed by atoms with Gasteiger partial charge < -0.3 is 10.2 Å². The summed E-state index contributed by atoms with van der Waals surface area (Å²) in [5, 5.41) is 11.9. The van der Waals surface area contributed by atoms with Crippen molar-refractivity contribution in [1.29, 1.82) is 5.26 Å². The van der Waals surface area contributed by atoms with Crippen molar-refractivity contribution in [2.75, 3.05) is 39.3 Å². The molecule has 102 valence electrons. The molecule has 0 atom stereocenters. The van der Waals surface area contributed by atoms with Crippen LogP contribution < -0.4 is 5.32 Å². The van der Waals surface area contributed by atoms with E-state index < -0.39 is 5.54 Å². The Morgan fingerprint density at radius 2 is 2.06 bits per heavy atom. The van der Waals surface area contributed by atoms with E-state index in [4.69, 9.17) is 5.26 Å². The van der Waals surface area contributed by atoms with E-state index in [0.717, 1.165) is 26.2 Å². The Labute approximate surface area is 110 Å². The molecule has 0 unspecified atom stereocenters. The van der Waals surface area contributed by atoms with Gasteiger partial charge in [0.15, 0.2) is 0 Å². The van der Waals surface area contributed by atoms with Crippen molar-refractivity contribution in [3.63, 3.8) is 0 Å². The van der Waals surface area contributed by atoms with Crippen molar-refractivity contribution in [2.45, 2.75) is 32.7 Å². The van der Waals surface area contributed by atoms with Gasteiger partial charge in [0.25, 0.3) is 0 Å². The van der Waals surface area contributed by atoms with Gasteiger partial charge in [0.2, 0.25) is 5.91 Å². The number of nitriles is 1. The number of nitrogens with zero attached hydrogens (tertiary/aromatic N) is 3. The summed E-state index contributed by atoms with van der Waals surface area (Å²) in [5.41, 5.74) is -0.479. The van der Waals surface area contributed by atoms with Gasteiger partial charge in [-0.05, 0) is 20.8 Å². The second-order valence-electron chi connectivity index (χ2n) is 5.09. The zero-order valence-electron chi connectivity index (χ0n) is 11.7. The predicted octanol–water partition coefficient (Wildman–Crippen LogP) is 0.432. The molecule has 0 aromatic rings. The van der Waals surface area contributed by atoms with Gasteiger partial charge >= 0.3 is 0 Å². The molecule has 1 heterocycles. The van der Waals surface area contributed by atoms with E-state index >= 15 is 0 Å². The van der Waals surface area contributed by atoms with Crippen molar-refractivity contribution >= 4 is 5.91 Å². The van der Waals surface area contributed by atoms with Gasteiger partial charge in [-0.15, -0.1) is 0 Å². The second kappa shape index (κ2) is 6.72. The third kappa shape index (κ3) is 3.44. The first-order valence-electron chi connectivity index (χ1n) is 6.66. The summed E-state index contributed by atoms with van der Waals surface area (Å²) in [5.74, 6) is 0.127. The quantitative estimate of drug-likeness (QED) is 0.771.